The molecule has 0 aliphatic heterocycles. The van der Waals surface area contributed by atoms with Crippen LogP contribution < -0.4 is 10.2 Å². The molecule has 0 bridgehead atoms. The summed E-state index contributed by atoms with van der Waals surface area (Å²) >= 11 is 1.30. The van der Waals surface area contributed by atoms with E-state index in [1.54, 1.807) is 20.8 Å². The van der Waals surface area contributed by atoms with Gasteiger partial charge in [0, 0.05) is 23.8 Å². The van der Waals surface area contributed by atoms with Crippen LogP contribution in [0.3, 0.4) is 0 Å². The highest BCUT2D eigenvalue weighted by atomic mass is 32.2. The number of aliphatic hydroxyl groups excluding tert-OH is 1. The van der Waals surface area contributed by atoms with Crippen LogP contribution in [0.4, 0.5) is 30.9 Å². The summed E-state index contributed by atoms with van der Waals surface area (Å²) in [6, 6.07) is 2.65. The van der Waals surface area contributed by atoms with Crippen LogP contribution in [-0.4, -0.2) is 71.6 Å². The van der Waals surface area contributed by atoms with E-state index in [2.05, 4.69) is 15.3 Å². The normalized spacial score (nSPS) is 21.2. The molecule has 2 saturated carbocycles. The topological polar surface area (TPSA) is 171 Å². The Balaban J connectivity index is 0.000000978. The van der Waals surface area contributed by atoms with Crippen LogP contribution in [-0.2, 0) is 4.74 Å². The second-order valence-corrected chi connectivity index (χ2v) is 13.4. The highest BCUT2D eigenvalue weighted by molar-refractivity contribution is 7.99. The number of carbonyl (C=O) groups is 1. The lowest BCUT2D eigenvalue weighted by Gasteiger charge is -2.27. The van der Waals surface area contributed by atoms with Crippen LogP contribution in [0.2, 0.25) is 0 Å². The number of benzene rings is 1. The van der Waals surface area contributed by atoms with E-state index in [0.29, 0.717) is 37.0 Å². The number of aromatic nitrogens is 2. The third-order valence-corrected chi connectivity index (χ3v) is 7.54. The molecule has 2 unspecified atom stereocenters. The SMILES string of the molecule is CC(C)(O)O.CCCSc1nc(NC2CC[C@@H](O)C2)c([N+](=O)[O-])c(N(C(=O)OC(C)(C)C)C2C[C@H]2c2ccc(F)c(F)c2)n1. The first kappa shape index (κ1) is 35.3. The first-order valence-corrected chi connectivity index (χ1v) is 15.4. The zero-order valence-corrected chi connectivity index (χ0v) is 26.5. The summed E-state index contributed by atoms with van der Waals surface area (Å²) in [6.45, 7) is 9.61. The molecule has 2 aliphatic carbocycles. The molecule has 1 amide bonds. The fourth-order valence-electron chi connectivity index (χ4n) is 4.66. The number of anilines is 2. The van der Waals surface area contributed by atoms with Gasteiger partial charge in [0.15, 0.2) is 22.6 Å². The van der Waals surface area contributed by atoms with Crippen molar-refractivity contribution < 1.29 is 38.6 Å². The highest BCUT2D eigenvalue weighted by Gasteiger charge is 2.50. The van der Waals surface area contributed by atoms with E-state index in [-0.39, 0.29) is 22.8 Å². The number of ether oxygens (including phenoxy) is 1. The van der Waals surface area contributed by atoms with Crippen LogP contribution in [0.1, 0.15) is 85.1 Å². The van der Waals surface area contributed by atoms with Gasteiger partial charge in [0.05, 0.1) is 11.0 Å². The molecule has 0 spiro atoms. The van der Waals surface area contributed by atoms with Crippen molar-refractivity contribution in [2.45, 2.75) is 114 Å². The Morgan fingerprint density at radius 3 is 2.34 bits per heavy atom. The molecule has 12 nitrogen and oxygen atoms in total. The van der Waals surface area contributed by atoms with E-state index in [1.165, 1.54) is 31.7 Å². The second kappa shape index (κ2) is 14.3. The highest BCUT2D eigenvalue weighted by Crippen LogP contribution is 2.49. The predicted octanol–water partition coefficient (Wildman–Crippen LogP) is 5.50. The Morgan fingerprint density at radius 1 is 1.16 bits per heavy atom. The van der Waals surface area contributed by atoms with Gasteiger partial charge in [-0.2, -0.15) is 9.97 Å². The number of thioether (sulfide) groups is 1. The summed E-state index contributed by atoms with van der Waals surface area (Å²) in [4.78, 5) is 35.4. The first-order chi connectivity index (χ1) is 20.4. The molecule has 15 heteroatoms. The summed E-state index contributed by atoms with van der Waals surface area (Å²) in [5.41, 5.74) is -0.938. The van der Waals surface area contributed by atoms with Crippen LogP contribution in [0, 0.1) is 21.7 Å². The molecule has 4 rings (SSSR count). The summed E-state index contributed by atoms with van der Waals surface area (Å²) in [6.07, 6.45) is 1.36. The molecule has 244 valence electrons. The van der Waals surface area contributed by atoms with Crippen molar-refractivity contribution in [2.75, 3.05) is 16.0 Å². The number of nitro groups is 1. The molecule has 1 aromatic carbocycles. The third kappa shape index (κ3) is 10.2. The summed E-state index contributed by atoms with van der Waals surface area (Å²) in [5.74, 6) is -3.53. The number of rotatable bonds is 9. The van der Waals surface area contributed by atoms with Gasteiger partial charge in [0.1, 0.15) is 5.60 Å². The van der Waals surface area contributed by atoms with E-state index >= 15 is 0 Å². The van der Waals surface area contributed by atoms with Crippen molar-refractivity contribution in [3.63, 3.8) is 0 Å². The number of nitrogens with zero attached hydrogens (tertiary/aromatic N) is 4. The van der Waals surface area contributed by atoms with Gasteiger partial charge >= 0.3 is 11.8 Å². The van der Waals surface area contributed by atoms with E-state index in [9.17, 15) is 28.8 Å². The molecule has 0 saturated heterocycles. The van der Waals surface area contributed by atoms with Crippen molar-refractivity contribution in [1.29, 1.82) is 0 Å². The smallest absolute Gasteiger partial charge is 0.416 e. The standard InChI is InChI=1S/C26H33F2N5O5S.C3H8O2/c1-5-10-39-24-30-22(29-15-7-8-16(34)12-15)21(33(36)37)23(31-24)32(25(35)38-26(2,3)4)20-13-17(20)14-6-9-18(27)19(28)11-14;1-3(2,4)5/h6,9,11,15-17,20,34H,5,7-8,10,12-13H2,1-4H3,(H,29,30,31);4-5H,1-2H3/t15?,16-,17+,20?;/m1./s1. The first-order valence-electron chi connectivity index (χ1n) is 14.4. The van der Waals surface area contributed by atoms with Crippen molar-refractivity contribution >= 4 is 35.2 Å². The van der Waals surface area contributed by atoms with Gasteiger partial charge in [0.2, 0.25) is 11.6 Å². The summed E-state index contributed by atoms with van der Waals surface area (Å²) < 4.78 is 33.2. The lowest BCUT2D eigenvalue weighted by atomic mass is 10.1. The lowest BCUT2D eigenvalue weighted by molar-refractivity contribution is -0.383. The molecule has 2 aliphatic rings. The maximum atomic E-state index is 14.0. The Hall–Kier alpha value is -3.14. The van der Waals surface area contributed by atoms with Crippen molar-refractivity contribution in [3.8, 4) is 0 Å². The minimum Gasteiger partial charge on any atom is -0.443 e. The van der Waals surface area contributed by atoms with Gasteiger partial charge < -0.3 is 25.4 Å². The van der Waals surface area contributed by atoms with Gasteiger partial charge in [-0.15, -0.1) is 0 Å². The van der Waals surface area contributed by atoms with Gasteiger partial charge in [-0.3, -0.25) is 15.0 Å². The Morgan fingerprint density at radius 2 is 1.82 bits per heavy atom. The molecular formula is C29H41F2N5O7S. The second-order valence-electron chi connectivity index (χ2n) is 12.4. The Bertz CT molecular complexity index is 1330. The van der Waals surface area contributed by atoms with Crippen LogP contribution >= 0.6 is 11.8 Å². The van der Waals surface area contributed by atoms with E-state index in [1.807, 2.05) is 6.92 Å². The average molecular weight is 642 g/mol. The fourth-order valence-corrected chi connectivity index (χ4v) is 5.35. The number of nitrogens with one attached hydrogen (secondary N) is 1. The minimum absolute atomic E-state index is 0.0405. The van der Waals surface area contributed by atoms with Crippen molar-refractivity contribution in [2.24, 2.45) is 0 Å². The average Bonchev–Trinajstić information content (AvgIpc) is 3.54. The third-order valence-electron chi connectivity index (χ3n) is 6.49. The summed E-state index contributed by atoms with van der Waals surface area (Å²) in [7, 11) is 0. The number of aliphatic hydroxyl groups is 3. The van der Waals surface area contributed by atoms with Crippen LogP contribution in [0.25, 0.3) is 0 Å². The lowest BCUT2D eigenvalue weighted by Crippen LogP contribution is -2.40. The Labute approximate surface area is 259 Å². The number of halogens is 2. The monoisotopic (exact) mass is 641 g/mol. The van der Waals surface area contributed by atoms with Crippen LogP contribution in [0.15, 0.2) is 23.4 Å². The predicted molar refractivity (Wildman–Crippen MR) is 162 cm³/mol. The summed E-state index contributed by atoms with van der Waals surface area (Å²) in [5, 5.41) is 41.9. The van der Waals surface area contributed by atoms with Gasteiger partial charge in [-0.05, 0) is 84.4 Å². The van der Waals surface area contributed by atoms with Gasteiger partial charge in [0.25, 0.3) is 0 Å². The maximum Gasteiger partial charge on any atom is 0.416 e. The fraction of sp³-hybridized carbons (Fsp3) is 0.621. The van der Waals surface area contributed by atoms with E-state index in [4.69, 9.17) is 14.9 Å². The Kier molecular flexibility index (Phi) is 11.5. The van der Waals surface area contributed by atoms with E-state index < -0.39 is 57.8 Å². The van der Waals surface area contributed by atoms with Crippen LogP contribution in [0.5, 0.6) is 0 Å². The van der Waals surface area contributed by atoms with Gasteiger partial charge in [-0.1, -0.05) is 24.8 Å². The molecule has 1 aromatic heterocycles. The number of carbonyl (C=O) groups excluding carboxylic acids is 1. The van der Waals surface area contributed by atoms with Gasteiger partial charge in [-0.25, -0.2) is 13.6 Å². The molecule has 1 heterocycles. The molecular weight excluding hydrogens is 600 g/mol. The molecule has 4 atom stereocenters. The zero-order valence-electron chi connectivity index (χ0n) is 25.7. The molecule has 4 N–H and O–H groups in total. The van der Waals surface area contributed by atoms with Crippen molar-refractivity contribution in [3.05, 3.63) is 45.5 Å². The molecule has 2 aromatic rings. The molecule has 2 fully saturated rings. The van der Waals surface area contributed by atoms with E-state index in [0.717, 1.165) is 23.5 Å². The zero-order chi connectivity index (χ0) is 33.0. The maximum absolute atomic E-state index is 14.0. The molecule has 0 radical (unpaired) electrons. The quantitative estimate of drug-likeness (QED) is 0.0897. The number of hydrogen-bond acceptors (Lipinski definition) is 11. The number of hydrogen-bond donors (Lipinski definition) is 4. The number of amides is 1. The largest absolute Gasteiger partial charge is 0.443 e. The van der Waals surface area contributed by atoms with Crippen molar-refractivity contribution in [1.82, 2.24) is 9.97 Å². The molecule has 44 heavy (non-hydrogen) atoms. The minimum atomic E-state index is -1.50.